The van der Waals surface area contributed by atoms with Gasteiger partial charge in [0, 0.05) is 44.7 Å². The van der Waals surface area contributed by atoms with E-state index in [1.165, 1.54) is 25.1 Å². The van der Waals surface area contributed by atoms with Crippen molar-refractivity contribution in [3.8, 4) is 0 Å². The van der Waals surface area contributed by atoms with Gasteiger partial charge in [0.15, 0.2) is 0 Å². The predicted octanol–water partition coefficient (Wildman–Crippen LogP) is 2.02. The Morgan fingerprint density at radius 1 is 1.15 bits per heavy atom. The van der Waals surface area contributed by atoms with E-state index < -0.39 is 0 Å². The Hall–Kier alpha value is -2.15. The standard InChI is InChI=1S/C19H28N6O/c26-13-16-5-1-4-10-25(16)19-11-17(21-14-22-19)20-8-7-15-12-24-9-3-2-6-18(24)23-15/h11-12,14,16,26H,1-10,13H2,(H,20,21,22). The highest BCUT2D eigenvalue weighted by Crippen LogP contribution is 2.24. The molecule has 2 aliphatic heterocycles. The number of hydrogen-bond donors (Lipinski definition) is 2. The number of fused-ring (bicyclic) bond motifs is 1. The second-order valence-corrected chi connectivity index (χ2v) is 7.26. The number of aryl methyl sites for hydroxylation is 2. The molecule has 0 saturated carbocycles. The molecule has 140 valence electrons. The summed E-state index contributed by atoms with van der Waals surface area (Å²) in [6.07, 6.45) is 11.7. The fourth-order valence-electron chi connectivity index (χ4n) is 4.00. The lowest BCUT2D eigenvalue weighted by Gasteiger charge is -2.35. The monoisotopic (exact) mass is 356 g/mol. The minimum atomic E-state index is 0.170. The molecule has 4 heterocycles. The van der Waals surface area contributed by atoms with Gasteiger partial charge in [-0.2, -0.15) is 0 Å². The van der Waals surface area contributed by atoms with Crippen molar-refractivity contribution in [1.29, 1.82) is 0 Å². The molecule has 0 radical (unpaired) electrons. The molecular weight excluding hydrogens is 328 g/mol. The smallest absolute Gasteiger partial charge is 0.134 e. The first-order chi connectivity index (χ1) is 12.8. The molecule has 1 atom stereocenters. The van der Waals surface area contributed by atoms with Crippen molar-refractivity contribution in [2.24, 2.45) is 0 Å². The summed E-state index contributed by atoms with van der Waals surface area (Å²) in [6.45, 7) is 3.03. The van der Waals surface area contributed by atoms with Crippen molar-refractivity contribution >= 4 is 11.6 Å². The van der Waals surface area contributed by atoms with Crippen LogP contribution in [0.1, 0.15) is 43.6 Å². The number of piperidine rings is 1. The average Bonchev–Trinajstić information content (AvgIpc) is 3.11. The fraction of sp³-hybridized carbons (Fsp3) is 0.632. The first-order valence-corrected chi connectivity index (χ1v) is 9.82. The Kier molecular flexibility index (Phi) is 5.34. The number of anilines is 2. The van der Waals surface area contributed by atoms with E-state index in [4.69, 9.17) is 4.98 Å². The van der Waals surface area contributed by atoms with E-state index in [1.807, 2.05) is 6.07 Å². The first-order valence-electron chi connectivity index (χ1n) is 9.82. The van der Waals surface area contributed by atoms with Crippen molar-refractivity contribution in [3.05, 3.63) is 30.1 Å². The summed E-state index contributed by atoms with van der Waals surface area (Å²) in [4.78, 5) is 15.7. The van der Waals surface area contributed by atoms with Gasteiger partial charge in [0.25, 0.3) is 0 Å². The summed E-state index contributed by atoms with van der Waals surface area (Å²) in [5, 5.41) is 13.0. The van der Waals surface area contributed by atoms with Gasteiger partial charge in [-0.25, -0.2) is 15.0 Å². The highest BCUT2D eigenvalue weighted by atomic mass is 16.3. The Morgan fingerprint density at radius 3 is 2.96 bits per heavy atom. The maximum Gasteiger partial charge on any atom is 0.134 e. The third-order valence-corrected chi connectivity index (χ3v) is 5.43. The number of rotatable bonds is 6. The van der Waals surface area contributed by atoms with E-state index in [9.17, 15) is 5.11 Å². The molecule has 7 heteroatoms. The number of hydrogen-bond acceptors (Lipinski definition) is 6. The lowest BCUT2D eigenvalue weighted by molar-refractivity contribution is 0.239. The van der Waals surface area contributed by atoms with Gasteiger partial charge in [-0.3, -0.25) is 0 Å². The molecule has 0 aliphatic carbocycles. The minimum Gasteiger partial charge on any atom is -0.394 e. The summed E-state index contributed by atoms with van der Waals surface area (Å²) in [7, 11) is 0. The predicted molar refractivity (Wildman–Crippen MR) is 101 cm³/mol. The molecule has 0 bridgehead atoms. The fourth-order valence-corrected chi connectivity index (χ4v) is 4.00. The third-order valence-electron chi connectivity index (χ3n) is 5.43. The molecule has 2 N–H and O–H groups in total. The van der Waals surface area contributed by atoms with Crippen LogP contribution in [0.25, 0.3) is 0 Å². The quantitative estimate of drug-likeness (QED) is 0.824. The lowest BCUT2D eigenvalue weighted by Crippen LogP contribution is -2.42. The van der Waals surface area contributed by atoms with Gasteiger partial charge < -0.3 is 19.9 Å². The number of nitrogens with zero attached hydrogens (tertiary/aromatic N) is 5. The molecule has 0 aromatic carbocycles. The summed E-state index contributed by atoms with van der Waals surface area (Å²) >= 11 is 0. The Labute approximate surface area is 154 Å². The van der Waals surface area contributed by atoms with Gasteiger partial charge >= 0.3 is 0 Å². The molecule has 26 heavy (non-hydrogen) atoms. The summed E-state index contributed by atoms with van der Waals surface area (Å²) in [6, 6.07) is 2.16. The zero-order valence-corrected chi connectivity index (χ0v) is 15.3. The molecule has 2 aromatic rings. The number of nitrogens with one attached hydrogen (secondary N) is 1. The zero-order valence-electron chi connectivity index (χ0n) is 15.3. The van der Waals surface area contributed by atoms with Gasteiger partial charge in [0.1, 0.15) is 23.8 Å². The van der Waals surface area contributed by atoms with E-state index in [2.05, 4.69) is 30.9 Å². The van der Waals surface area contributed by atoms with Gasteiger partial charge in [0.2, 0.25) is 0 Å². The number of aliphatic hydroxyl groups excluding tert-OH is 1. The molecule has 0 spiro atoms. The van der Waals surface area contributed by atoms with Crippen LogP contribution >= 0.6 is 0 Å². The van der Waals surface area contributed by atoms with Crippen molar-refractivity contribution in [3.63, 3.8) is 0 Å². The molecule has 2 aliphatic rings. The molecule has 4 rings (SSSR count). The van der Waals surface area contributed by atoms with Gasteiger partial charge in [-0.1, -0.05) is 0 Å². The van der Waals surface area contributed by atoms with Gasteiger partial charge in [-0.05, 0) is 32.1 Å². The third kappa shape index (κ3) is 3.82. The molecule has 0 amide bonds. The average molecular weight is 356 g/mol. The summed E-state index contributed by atoms with van der Waals surface area (Å²) < 4.78 is 2.30. The van der Waals surface area contributed by atoms with Crippen LogP contribution in [-0.2, 0) is 19.4 Å². The van der Waals surface area contributed by atoms with Gasteiger partial charge in [0.05, 0.1) is 18.3 Å². The van der Waals surface area contributed by atoms with E-state index in [1.54, 1.807) is 6.33 Å². The largest absolute Gasteiger partial charge is 0.394 e. The molecule has 2 aromatic heterocycles. The summed E-state index contributed by atoms with van der Waals surface area (Å²) in [5.74, 6) is 2.97. The van der Waals surface area contributed by atoms with E-state index in [0.717, 1.165) is 62.6 Å². The van der Waals surface area contributed by atoms with E-state index in [-0.39, 0.29) is 12.6 Å². The van der Waals surface area contributed by atoms with Crippen LogP contribution in [0.5, 0.6) is 0 Å². The van der Waals surface area contributed by atoms with Crippen LogP contribution < -0.4 is 10.2 Å². The van der Waals surface area contributed by atoms with Crippen molar-refractivity contribution in [1.82, 2.24) is 19.5 Å². The number of aliphatic hydroxyl groups is 1. The van der Waals surface area contributed by atoms with Crippen LogP contribution in [0.3, 0.4) is 0 Å². The topological polar surface area (TPSA) is 79.1 Å². The van der Waals surface area contributed by atoms with Crippen molar-refractivity contribution < 1.29 is 5.11 Å². The number of aromatic nitrogens is 4. The van der Waals surface area contributed by atoms with Crippen LogP contribution in [0.2, 0.25) is 0 Å². The molecule has 1 fully saturated rings. The molecule has 1 saturated heterocycles. The van der Waals surface area contributed by atoms with Crippen LogP contribution in [0.4, 0.5) is 11.6 Å². The summed E-state index contributed by atoms with van der Waals surface area (Å²) in [5.41, 5.74) is 1.15. The second-order valence-electron chi connectivity index (χ2n) is 7.26. The first kappa shape index (κ1) is 17.3. The Morgan fingerprint density at radius 2 is 2.08 bits per heavy atom. The Bertz CT molecular complexity index is 707. The molecular formula is C19H28N6O. The number of imidazole rings is 1. The van der Waals surface area contributed by atoms with Crippen molar-refractivity contribution in [2.45, 2.75) is 57.5 Å². The molecule has 1 unspecified atom stereocenters. The van der Waals surface area contributed by atoms with Crippen LogP contribution in [-0.4, -0.2) is 50.4 Å². The molecule has 7 nitrogen and oxygen atoms in total. The van der Waals surface area contributed by atoms with E-state index in [0.29, 0.717) is 0 Å². The second kappa shape index (κ2) is 8.03. The zero-order chi connectivity index (χ0) is 17.8. The maximum absolute atomic E-state index is 9.62. The highest BCUT2D eigenvalue weighted by Gasteiger charge is 2.23. The van der Waals surface area contributed by atoms with Crippen LogP contribution in [0.15, 0.2) is 18.6 Å². The normalized spacial score (nSPS) is 20.0. The Balaban J connectivity index is 1.35. The van der Waals surface area contributed by atoms with Gasteiger partial charge in [-0.15, -0.1) is 0 Å². The van der Waals surface area contributed by atoms with Crippen molar-refractivity contribution in [2.75, 3.05) is 29.9 Å². The highest BCUT2D eigenvalue weighted by molar-refractivity contribution is 5.49. The SMILES string of the molecule is OCC1CCCCN1c1cc(NCCc2cn3c(n2)CCCC3)ncn1. The minimum absolute atomic E-state index is 0.170. The van der Waals surface area contributed by atoms with Crippen LogP contribution in [0, 0.1) is 0 Å². The van der Waals surface area contributed by atoms with E-state index >= 15 is 0 Å². The maximum atomic E-state index is 9.62. The lowest BCUT2D eigenvalue weighted by atomic mass is 10.0.